The lowest BCUT2D eigenvalue weighted by molar-refractivity contribution is 0.0316. The molecule has 1 N–H and O–H groups in total. The lowest BCUT2D eigenvalue weighted by Crippen LogP contribution is -2.57. The van der Waals surface area contributed by atoms with Crippen molar-refractivity contribution in [1.29, 1.82) is 0 Å². The van der Waals surface area contributed by atoms with Gasteiger partial charge in [0.15, 0.2) is 17.0 Å². The van der Waals surface area contributed by atoms with E-state index in [2.05, 4.69) is 64.6 Å². The van der Waals surface area contributed by atoms with Crippen LogP contribution in [0.2, 0.25) is 10.3 Å². The second-order valence-electron chi connectivity index (χ2n) is 10.9. The van der Waals surface area contributed by atoms with Crippen LogP contribution in [0.1, 0.15) is 52.1 Å². The largest absolute Gasteiger partial charge is 0.390 e. The predicted molar refractivity (Wildman–Crippen MR) is 147 cm³/mol. The highest BCUT2D eigenvalue weighted by Gasteiger charge is 2.36. The zero-order valence-corrected chi connectivity index (χ0v) is 23.4. The Balaban J connectivity index is 1.42. The first-order valence-corrected chi connectivity index (χ1v) is 13.9. The number of nitrogens with zero attached hydrogens (tertiary/aromatic N) is 6. The number of fused-ring (bicyclic) bond motifs is 1. The molecule has 37 heavy (non-hydrogen) atoms. The van der Waals surface area contributed by atoms with Crippen LogP contribution in [-0.4, -0.2) is 73.5 Å². The molecule has 1 unspecified atom stereocenters. The van der Waals surface area contributed by atoms with Crippen LogP contribution in [0, 0.1) is 5.92 Å². The fourth-order valence-corrected chi connectivity index (χ4v) is 6.01. The van der Waals surface area contributed by atoms with Crippen molar-refractivity contribution in [3.63, 3.8) is 0 Å². The average molecular weight is 548 g/mol. The summed E-state index contributed by atoms with van der Waals surface area (Å²) in [5.41, 5.74) is 2.69. The second-order valence-corrected chi connectivity index (χ2v) is 11.7. The maximum Gasteiger partial charge on any atom is 0.226 e. The van der Waals surface area contributed by atoms with Gasteiger partial charge in [0.2, 0.25) is 5.28 Å². The molecule has 2 saturated heterocycles. The summed E-state index contributed by atoms with van der Waals surface area (Å²) in [5.74, 6) is 1.32. The van der Waals surface area contributed by atoms with Crippen LogP contribution in [0.5, 0.6) is 0 Å². The van der Waals surface area contributed by atoms with E-state index in [0.29, 0.717) is 37.2 Å². The third-order valence-corrected chi connectivity index (χ3v) is 8.05. The van der Waals surface area contributed by atoms with E-state index < -0.39 is 6.10 Å². The summed E-state index contributed by atoms with van der Waals surface area (Å²) in [4.78, 5) is 18.7. The van der Waals surface area contributed by atoms with Crippen LogP contribution in [0.3, 0.4) is 0 Å². The molecule has 10 heteroatoms. The highest BCUT2D eigenvalue weighted by atomic mass is 35.5. The Bertz CT molecular complexity index is 1220. The number of hydrogen-bond donors (Lipinski definition) is 1. The highest BCUT2D eigenvalue weighted by Crippen LogP contribution is 2.36. The number of aliphatic hydroxyl groups excluding tert-OH is 1. The normalized spacial score (nSPS) is 25.9. The van der Waals surface area contributed by atoms with Gasteiger partial charge in [-0.1, -0.05) is 37.6 Å². The Morgan fingerprint density at radius 2 is 1.84 bits per heavy atom. The third kappa shape index (κ3) is 5.59. The maximum atomic E-state index is 10.2. The second kappa shape index (κ2) is 11.0. The molecule has 5 rings (SSSR count). The van der Waals surface area contributed by atoms with Crippen LogP contribution in [-0.2, 0) is 11.3 Å². The number of aromatic nitrogens is 4. The van der Waals surface area contributed by atoms with Crippen LogP contribution in [0.25, 0.3) is 11.2 Å². The predicted octanol–water partition coefficient (Wildman–Crippen LogP) is 4.97. The van der Waals surface area contributed by atoms with Crippen molar-refractivity contribution in [2.45, 2.75) is 77.4 Å². The van der Waals surface area contributed by atoms with Gasteiger partial charge in [0, 0.05) is 42.8 Å². The van der Waals surface area contributed by atoms with E-state index in [-0.39, 0.29) is 23.5 Å². The molecule has 0 bridgehead atoms. The first kappa shape index (κ1) is 26.6. The number of benzene rings is 1. The molecule has 0 amide bonds. The van der Waals surface area contributed by atoms with Gasteiger partial charge in [-0.05, 0) is 61.9 Å². The summed E-state index contributed by atoms with van der Waals surface area (Å²) in [6, 6.07) is 9.07. The molecule has 0 aliphatic carbocycles. The molecule has 3 aromatic rings. The van der Waals surface area contributed by atoms with Crippen LogP contribution in [0.15, 0.2) is 30.6 Å². The minimum absolute atomic E-state index is 0.192. The van der Waals surface area contributed by atoms with E-state index in [4.69, 9.17) is 27.9 Å². The van der Waals surface area contributed by atoms with E-state index in [9.17, 15) is 5.11 Å². The van der Waals surface area contributed by atoms with Crippen LogP contribution in [0.4, 0.5) is 5.82 Å². The van der Waals surface area contributed by atoms with Crippen molar-refractivity contribution in [2.75, 3.05) is 24.6 Å². The Hall–Kier alpha value is -1.97. The van der Waals surface area contributed by atoms with Crippen molar-refractivity contribution in [3.05, 3.63) is 46.5 Å². The Kier molecular flexibility index (Phi) is 7.93. The van der Waals surface area contributed by atoms with Crippen molar-refractivity contribution in [3.8, 4) is 0 Å². The zero-order valence-electron chi connectivity index (χ0n) is 21.9. The van der Waals surface area contributed by atoms with Crippen molar-refractivity contribution < 1.29 is 9.84 Å². The molecular weight excluding hydrogens is 511 g/mol. The summed E-state index contributed by atoms with van der Waals surface area (Å²) < 4.78 is 7.61. The lowest BCUT2D eigenvalue weighted by atomic mass is 9.92. The van der Waals surface area contributed by atoms with Crippen LogP contribution >= 0.6 is 23.2 Å². The first-order valence-electron chi connectivity index (χ1n) is 13.2. The topological polar surface area (TPSA) is 79.5 Å². The fraction of sp³-hybridized carbons (Fsp3) is 0.593. The van der Waals surface area contributed by atoms with Crippen LogP contribution < -0.4 is 4.90 Å². The zero-order chi connectivity index (χ0) is 26.3. The molecule has 2 aliphatic heterocycles. The molecule has 1 aromatic carbocycles. The summed E-state index contributed by atoms with van der Waals surface area (Å²) in [5, 5.41) is 11.2. The van der Waals surface area contributed by atoms with Crippen molar-refractivity contribution in [1.82, 2.24) is 24.4 Å². The summed E-state index contributed by atoms with van der Waals surface area (Å²) in [7, 11) is 0. The quantitative estimate of drug-likeness (QED) is 0.419. The van der Waals surface area contributed by atoms with Gasteiger partial charge in [-0.15, -0.1) is 0 Å². The molecule has 0 spiro atoms. The standard InChI is InChI=1S/C27H36Cl2N6O2/c1-16(2)11-21(19-5-7-20(28)8-6-19)34-12-18(4)35(13-17(34)3)26-24-25(31-27(29)32-26)33(15-30-24)14-23-22(36)9-10-37-23/h5-8,15-18,21-23,36H,9-14H2,1-4H3/t17-,18+,21?,22+,23-/m1/s1. The van der Waals surface area contributed by atoms with Gasteiger partial charge in [0.1, 0.15) is 6.10 Å². The minimum atomic E-state index is -0.484. The molecule has 2 fully saturated rings. The Labute approximate surface area is 228 Å². The van der Waals surface area contributed by atoms with E-state index in [1.165, 1.54) is 5.56 Å². The van der Waals surface area contributed by atoms with Gasteiger partial charge >= 0.3 is 0 Å². The number of aliphatic hydroxyl groups is 1. The summed E-state index contributed by atoms with van der Waals surface area (Å²) in [6.45, 7) is 11.8. The van der Waals surface area contributed by atoms with Gasteiger partial charge < -0.3 is 19.3 Å². The molecule has 0 radical (unpaired) electrons. The molecule has 5 atom stereocenters. The van der Waals surface area contributed by atoms with E-state index in [1.54, 1.807) is 6.33 Å². The van der Waals surface area contributed by atoms with E-state index in [0.717, 1.165) is 35.9 Å². The van der Waals surface area contributed by atoms with Gasteiger partial charge in [-0.25, -0.2) is 4.98 Å². The number of ether oxygens (including phenoxy) is 1. The molecular formula is C27H36Cl2N6O2. The number of piperazine rings is 1. The Morgan fingerprint density at radius 1 is 1.08 bits per heavy atom. The van der Waals surface area contributed by atoms with Crippen molar-refractivity contribution in [2.24, 2.45) is 5.92 Å². The van der Waals surface area contributed by atoms with Gasteiger partial charge in [0.05, 0.1) is 19.0 Å². The van der Waals surface area contributed by atoms with Gasteiger partial charge in [0.25, 0.3) is 0 Å². The van der Waals surface area contributed by atoms with Gasteiger partial charge in [-0.2, -0.15) is 9.97 Å². The summed E-state index contributed by atoms with van der Waals surface area (Å²) in [6.07, 6.45) is 2.70. The number of anilines is 1. The van der Waals surface area contributed by atoms with Crippen molar-refractivity contribution >= 4 is 40.2 Å². The summed E-state index contributed by atoms with van der Waals surface area (Å²) >= 11 is 12.6. The highest BCUT2D eigenvalue weighted by molar-refractivity contribution is 6.30. The third-order valence-electron chi connectivity index (χ3n) is 7.63. The molecule has 2 aliphatic rings. The smallest absolute Gasteiger partial charge is 0.226 e. The first-order chi connectivity index (χ1) is 17.7. The van der Waals surface area contributed by atoms with E-state index in [1.807, 2.05) is 16.7 Å². The molecule has 4 heterocycles. The monoisotopic (exact) mass is 546 g/mol. The maximum absolute atomic E-state index is 10.2. The molecule has 200 valence electrons. The van der Waals surface area contributed by atoms with E-state index >= 15 is 0 Å². The average Bonchev–Trinajstić information content (AvgIpc) is 3.45. The molecule has 0 saturated carbocycles. The molecule has 8 nitrogen and oxygen atoms in total. The fourth-order valence-electron chi connectivity index (χ4n) is 5.72. The SMILES string of the molecule is CC(C)CC(c1ccc(Cl)cc1)N1C[C@H](C)N(c2nc(Cl)nc3c2ncn3C[C@H]2OCC[C@@H]2O)C[C@H]1C. The van der Waals surface area contributed by atoms with Gasteiger partial charge in [-0.3, -0.25) is 4.90 Å². The minimum Gasteiger partial charge on any atom is -0.390 e. The Morgan fingerprint density at radius 3 is 2.51 bits per heavy atom. The molecule has 2 aromatic heterocycles. The number of imidazole rings is 1. The number of rotatable bonds is 7. The number of halogens is 2. The number of hydrogen-bond acceptors (Lipinski definition) is 7. The lowest BCUT2D eigenvalue weighted by Gasteiger charge is -2.48.